The lowest BCUT2D eigenvalue weighted by molar-refractivity contribution is 0.931. The molecule has 1 heterocycles. The summed E-state index contributed by atoms with van der Waals surface area (Å²) >= 11 is 5.58. The van der Waals surface area contributed by atoms with Gasteiger partial charge in [-0.05, 0) is 0 Å². The fourth-order valence-electron chi connectivity index (χ4n) is 0.563. The van der Waals surface area contributed by atoms with Gasteiger partial charge in [0.1, 0.15) is 0 Å². The van der Waals surface area contributed by atoms with E-state index in [9.17, 15) is 4.79 Å². The Morgan fingerprint density at radius 1 is 1.80 bits per heavy atom. The second kappa shape index (κ2) is 2.81. The Morgan fingerprint density at radius 3 is 3.00 bits per heavy atom. The monoisotopic (exact) mass is 159 g/mol. The lowest BCUT2D eigenvalue weighted by Gasteiger charge is -1.96. The summed E-state index contributed by atoms with van der Waals surface area (Å²) in [5, 5.41) is 0.391. The molecule has 0 aliphatic heterocycles. The van der Waals surface area contributed by atoms with Crippen LogP contribution in [0.1, 0.15) is 5.69 Å². The van der Waals surface area contributed by atoms with Gasteiger partial charge in [0.25, 0.3) is 0 Å². The minimum atomic E-state index is -0.426. The third-order valence-corrected chi connectivity index (χ3v) is 1.37. The Balaban J connectivity index is 3.22. The van der Waals surface area contributed by atoms with Crippen molar-refractivity contribution in [1.29, 1.82) is 0 Å². The number of halogens is 1. The second-order valence-electron chi connectivity index (χ2n) is 1.72. The Bertz CT molecular complexity index is 282. The predicted octanol–water partition coefficient (Wildman–Crippen LogP) is -0.118. The molecule has 0 radical (unpaired) electrons. The maximum absolute atomic E-state index is 10.5. The first-order chi connectivity index (χ1) is 4.74. The van der Waals surface area contributed by atoms with Gasteiger partial charge in [-0.1, -0.05) is 11.6 Å². The molecule has 1 aromatic rings. The Labute approximate surface area is 62.0 Å². The SMILES string of the molecule is NCc1[nH]c(=O)ncc1Cl. The maximum Gasteiger partial charge on any atom is 0.345 e. The number of hydrogen-bond donors (Lipinski definition) is 2. The number of aromatic nitrogens is 2. The highest BCUT2D eigenvalue weighted by atomic mass is 35.5. The van der Waals surface area contributed by atoms with Gasteiger partial charge in [0.05, 0.1) is 16.9 Å². The molecule has 0 saturated carbocycles. The summed E-state index contributed by atoms with van der Waals surface area (Å²) in [6.45, 7) is 0.219. The summed E-state index contributed by atoms with van der Waals surface area (Å²) in [6, 6.07) is 0. The highest BCUT2D eigenvalue weighted by Gasteiger charge is 1.97. The minimum Gasteiger partial charge on any atom is -0.325 e. The van der Waals surface area contributed by atoms with Crippen LogP contribution >= 0.6 is 11.6 Å². The largest absolute Gasteiger partial charge is 0.345 e. The van der Waals surface area contributed by atoms with Crippen LogP contribution in [-0.2, 0) is 6.54 Å². The quantitative estimate of drug-likeness (QED) is 0.600. The van der Waals surface area contributed by atoms with Crippen LogP contribution in [0.3, 0.4) is 0 Å². The zero-order valence-corrected chi connectivity index (χ0v) is 5.85. The number of nitrogens with zero attached hydrogens (tertiary/aromatic N) is 1. The van der Waals surface area contributed by atoms with Crippen molar-refractivity contribution in [1.82, 2.24) is 9.97 Å². The topological polar surface area (TPSA) is 71.8 Å². The third kappa shape index (κ3) is 1.34. The van der Waals surface area contributed by atoms with Crippen molar-refractivity contribution in [3.8, 4) is 0 Å². The number of aromatic amines is 1. The fraction of sp³-hybridized carbons (Fsp3) is 0.200. The van der Waals surface area contributed by atoms with Crippen molar-refractivity contribution in [2.24, 2.45) is 5.73 Å². The van der Waals surface area contributed by atoms with Gasteiger partial charge in [0, 0.05) is 6.54 Å². The predicted molar refractivity (Wildman–Crippen MR) is 37.8 cm³/mol. The molecule has 5 heteroatoms. The van der Waals surface area contributed by atoms with Crippen molar-refractivity contribution < 1.29 is 0 Å². The first-order valence-electron chi connectivity index (χ1n) is 2.68. The molecule has 4 nitrogen and oxygen atoms in total. The molecule has 1 aromatic heterocycles. The molecule has 3 N–H and O–H groups in total. The van der Waals surface area contributed by atoms with Gasteiger partial charge in [-0.25, -0.2) is 9.78 Å². The zero-order valence-electron chi connectivity index (χ0n) is 5.10. The van der Waals surface area contributed by atoms with Gasteiger partial charge < -0.3 is 10.7 Å². The van der Waals surface area contributed by atoms with Crippen LogP contribution < -0.4 is 11.4 Å². The highest BCUT2D eigenvalue weighted by molar-refractivity contribution is 6.31. The van der Waals surface area contributed by atoms with E-state index in [4.69, 9.17) is 17.3 Å². The van der Waals surface area contributed by atoms with E-state index in [1.54, 1.807) is 0 Å². The molecule has 0 saturated heterocycles. The van der Waals surface area contributed by atoms with Crippen LogP contribution in [0.2, 0.25) is 5.02 Å². The molecule has 0 bridgehead atoms. The van der Waals surface area contributed by atoms with Gasteiger partial charge >= 0.3 is 5.69 Å². The van der Waals surface area contributed by atoms with Crippen molar-refractivity contribution in [2.75, 3.05) is 0 Å². The average molecular weight is 160 g/mol. The number of rotatable bonds is 1. The van der Waals surface area contributed by atoms with Gasteiger partial charge in [-0.3, -0.25) is 0 Å². The minimum absolute atomic E-state index is 0.219. The Morgan fingerprint density at radius 2 is 2.50 bits per heavy atom. The Kier molecular flexibility index (Phi) is 2.03. The van der Waals surface area contributed by atoms with E-state index < -0.39 is 5.69 Å². The lowest BCUT2D eigenvalue weighted by atomic mass is 10.4. The van der Waals surface area contributed by atoms with E-state index in [2.05, 4.69) is 9.97 Å². The molecule has 0 aliphatic carbocycles. The molecule has 0 spiro atoms. The molecule has 0 atom stereocenters. The van der Waals surface area contributed by atoms with Crippen molar-refractivity contribution >= 4 is 11.6 Å². The number of hydrogen-bond acceptors (Lipinski definition) is 3. The van der Waals surface area contributed by atoms with E-state index in [0.29, 0.717) is 10.7 Å². The molecule has 1 rings (SSSR count). The normalized spacial score (nSPS) is 9.80. The second-order valence-corrected chi connectivity index (χ2v) is 2.13. The molecule has 10 heavy (non-hydrogen) atoms. The van der Waals surface area contributed by atoms with Gasteiger partial charge in [0.2, 0.25) is 0 Å². The number of nitrogens with one attached hydrogen (secondary N) is 1. The Hall–Kier alpha value is -0.870. The van der Waals surface area contributed by atoms with Crippen molar-refractivity contribution in [3.05, 3.63) is 27.4 Å². The van der Waals surface area contributed by atoms with Crippen LogP contribution in [0.5, 0.6) is 0 Å². The van der Waals surface area contributed by atoms with Crippen molar-refractivity contribution in [3.63, 3.8) is 0 Å². The molecular formula is C5H6ClN3O. The number of nitrogens with two attached hydrogens (primary N) is 1. The molecule has 54 valence electrons. The van der Waals surface area contributed by atoms with E-state index in [-0.39, 0.29) is 6.54 Å². The summed E-state index contributed by atoms with van der Waals surface area (Å²) < 4.78 is 0. The van der Waals surface area contributed by atoms with Crippen LogP contribution in [-0.4, -0.2) is 9.97 Å². The van der Waals surface area contributed by atoms with Gasteiger partial charge in [-0.2, -0.15) is 0 Å². The highest BCUT2D eigenvalue weighted by Crippen LogP contribution is 2.07. The molecule has 0 aliphatic rings. The summed E-state index contributed by atoms with van der Waals surface area (Å²) in [6.07, 6.45) is 1.28. The van der Waals surface area contributed by atoms with E-state index in [1.165, 1.54) is 6.20 Å². The standard InChI is InChI=1S/C5H6ClN3O/c6-3-2-8-5(10)9-4(3)1-7/h2H,1,7H2,(H,8,9,10). The molecule has 0 fully saturated rings. The zero-order chi connectivity index (χ0) is 7.56. The van der Waals surface area contributed by atoms with Crippen LogP contribution in [0, 0.1) is 0 Å². The fourth-order valence-corrected chi connectivity index (χ4v) is 0.736. The smallest absolute Gasteiger partial charge is 0.325 e. The summed E-state index contributed by atoms with van der Waals surface area (Å²) in [5.74, 6) is 0. The van der Waals surface area contributed by atoms with Crippen LogP contribution in [0.25, 0.3) is 0 Å². The van der Waals surface area contributed by atoms with Crippen LogP contribution in [0.4, 0.5) is 0 Å². The first kappa shape index (κ1) is 7.24. The van der Waals surface area contributed by atoms with E-state index in [0.717, 1.165) is 0 Å². The van der Waals surface area contributed by atoms with E-state index in [1.807, 2.05) is 0 Å². The van der Waals surface area contributed by atoms with Crippen molar-refractivity contribution in [2.45, 2.75) is 6.54 Å². The van der Waals surface area contributed by atoms with E-state index >= 15 is 0 Å². The van der Waals surface area contributed by atoms with Gasteiger partial charge in [-0.15, -0.1) is 0 Å². The maximum atomic E-state index is 10.5. The molecule has 0 unspecified atom stereocenters. The molecule has 0 amide bonds. The molecule has 0 aromatic carbocycles. The molecular weight excluding hydrogens is 154 g/mol. The summed E-state index contributed by atoms with van der Waals surface area (Å²) in [7, 11) is 0. The summed E-state index contributed by atoms with van der Waals surface area (Å²) in [4.78, 5) is 16.3. The van der Waals surface area contributed by atoms with Crippen LogP contribution in [0.15, 0.2) is 11.0 Å². The third-order valence-electron chi connectivity index (χ3n) is 1.05. The lowest BCUT2D eigenvalue weighted by Crippen LogP contribution is -2.14. The number of H-pyrrole nitrogens is 1. The van der Waals surface area contributed by atoms with Gasteiger partial charge in [0.15, 0.2) is 0 Å². The summed E-state index contributed by atoms with van der Waals surface area (Å²) in [5.41, 5.74) is 5.33. The average Bonchev–Trinajstić information content (AvgIpc) is 1.94. The first-order valence-corrected chi connectivity index (χ1v) is 3.05.